The van der Waals surface area contributed by atoms with Crippen molar-refractivity contribution in [2.24, 2.45) is 0 Å². The predicted molar refractivity (Wildman–Crippen MR) is 96.1 cm³/mol. The maximum absolute atomic E-state index is 12.3. The molecule has 1 saturated carbocycles. The summed E-state index contributed by atoms with van der Waals surface area (Å²) >= 11 is 0. The van der Waals surface area contributed by atoms with Gasteiger partial charge in [-0.3, -0.25) is 14.5 Å². The number of carbonyl (C=O) groups is 2. The van der Waals surface area contributed by atoms with E-state index < -0.39 is 5.60 Å². The number of anilines is 1. The van der Waals surface area contributed by atoms with Crippen molar-refractivity contribution in [3.05, 3.63) is 30.3 Å². The van der Waals surface area contributed by atoms with Crippen molar-refractivity contribution in [1.29, 1.82) is 0 Å². The second-order valence-corrected chi connectivity index (χ2v) is 7.18. The zero-order chi connectivity index (χ0) is 17.7. The van der Waals surface area contributed by atoms with Gasteiger partial charge in [0.2, 0.25) is 5.91 Å². The van der Waals surface area contributed by atoms with Crippen LogP contribution in [0.3, 0.4) is 0 Å². The third-order valence-corrected chi connectivity index (χ3v) is 5.20. The van der Waals surface area contributed by atoms with Crippen LogP contribution in [-0.4, -0.2) is 53.1 Å². The molecule has 3 rings (SSSR count). The number of amides is 2. The fraction of sp³-hybridized carbons (Fsp3) is 0.579. The number of benzene rings is 1. The largest absolute Gasteiger partial charge is 0.380 e. The number of aliphatic hydroxyl groups is 1. The fourth-order valence-corrected chi connectivity index (χ4v) is 3.67. The van der Waals surface area contributed by atoms with Crippen LogP contribution in [0, 0.1) is 0 Å². The van der Waals surface area contributed by atoms with Crippen molar-refractivity contribution in [3.8, 4) is 0 Å². The van der Waals surface area contributed by atoms with E-state index in [2.05, 4.69) is 15.5 Å². The molecule has 6 heteroatoms. The van der Waals surface area contributed by atoms with Gasteiger partial charge >= 0.3 is 0 Å². The summed E-state index contributed by atoms with van der Waals surface area (Å²) in [6, 6.07) is 9.52. The summed E-state index contributed by atoms with van der Waals surface area (Å²) in [4.78, 5) is 26.5. The highest BCUT2D eigenvalue weighted by molar-refractivity contribution is 5.92. The molecule has 0 radical (unpaired) electrons. The van der Waals surface area contributed by atoms with Gasteiger partial charge in [-0.05, 0) is 50.7 Å². The average molecular weight is 345 g/mol. The highest BCUT2D eigenvalue weighted by Crippen LogP contribution is 2.29. The number of nitrogens with zero attached hydrogens (tertiary/aromatic N) is 1. The molecule has 6 nitrogen and oxygen atoms in total. The summed E-state index contributed by atoms with van der Waals surface area (Å²) in [6.07, 6.45) is 4.58. The quantitative estimate of drug-likeness (QED) is 0.756. The number of nitrogens with one attached hydrogen (secondary N) is 2. The van der Waals surface area contributed by atoms with Crippen LogP contribution in [0.2, 0.25) is 0 Å². The molecule has 2 fully saturated rings. The maximum Gasteiger partial charge on any atom is 0.252 e. The zero-order valence-corrected chi connectivity index (χ0v) is 14.5. The molecule has 1 heterocycles. The first-order valence-electron chi connectivity index (χ1n) is 9.16. The normalized spacial score (nSPS) is 21.0. The van der Waals surface area contributed by atoms with E-state index in [0.29, 0.717) is 19.4 Å². The molecule has 0 atom stereocenters. The predicted octanol–water partition coefficient (Wildman–Crippen LogP) is 1.51. The van der Waals surface area contributed by atoms with Crippen LogP contribution in [0.4, 0.5) is 5.69 Å². The SMILES string of the molecule is O=C(CN1CCC(NC(=O)C2(O)CCCC2)CC1)Nc1ccccc1. The minimum atomic E-state index is -1.16. The number of likely N-dealkylation sites (tertiary alicyclic amines) is 1. The Balaban J connectivity index is 1.40. The Kier molecular flexibility index (Phi) is 5.71. The molecular formula is C19H27N3O3. The van der Waals surface area contributed by atoms with Gasteiger partial charge in [-0.25, -0.2) is 0 Å². The summed E-state index contributed by atoms with van der Waals surface area (Å²) in [6.45, 7) is 1.90. The number of hydrogen-bond donors (Lipinski definition) is 3. The van der Waals surface area contributed by atoms with Gasteiger partial charge in [0, 0.05) is 24.8 Å². The Bertz CT molecular complexity index is 591. The number of rotatable bonds is 5. The molecule has 1 aromatic carbocycles. The first-order chi connectivity index (χ1) is 12.0. The second-order valence-electron chi connectivity index (χ2n) is 7.18. The molecule has 0 unspecified atom stereocenters. The summed E-state index contributed by atoms with van der Waals surface area (Å²) < 4.78 is 0. The molecule has 1 aliphatic heterocycles. The Labute approximate surface area is 148 Å². The van der Waals surface area contributed by atoms with Crippen molar-refractivity contribution >= 4 is 17.5 Å². The van der Waals surface area contributed by atoms with Crippen LogP contribution in [-0.2, 0) is 9.59 Å². The van der Waals surface area contributed by atoms with Crippen molar-refractivity contribution in [2.75, 3.05) is 25.0 Å². The molecule has 25 heavy (non-hydrogen) atoms. The standard InChI is InChI=1S/C19H27N3O3/c23-17(20-15-6-2-1-3-7-15)14-22-12-8-16(9-13-22)21-18(24)19(25)10-4-5-11-19/h1-3,6-7,16,25H,4-5,8-14H2,(H,20,23)(H,21,24). The molecule has 1 aliphatic carbocycles. The smallest absolute Gasteiger partial charge is 0.252 e. The van der Waals surface area contributed by atoms with E-state index in [0.717, 1.165) is 44.5 Å². The Morgan fingerprint density at radius 2 is 1.76 bits per heavy atom. The Morgan fingerprint density at radius 3 is 2.40 bits per heavy atom. The van der Waals surface area contributed by atoms with Crippen LogP contribution >= 0.6 is 0 Å². The van der Waals surface area contributed by atoms with E-state index in [1.807, 2.05) is 30.3 Å². The van der Waals surface area contributed by atoms with Crippen LogP contribution in [0.5, 0.6) is 0 Å². The Hall–Kier alpha value is -1.92. The van der Waals surface area contributed by atoms with Crippen molar-refractivity contribution < 1.29 is 14.7 Å². The van der Waals surface area contributed by atoms with E-state index in [-0.39, 0.29) is 17.9 Å². The minimum absolute atomic E-state index is 0.0195. The average Bonchev–Trinajstić information content (AvgIpc) is 3.05. The van der Waals surface area contributed by atoms with Crippen LogP contribution < -0.4 is 10.6 Å². The molecule has 136 valence electrons. The number of hydrogen-bond acceptors (Lipinski definition) is 4. The lowest BCUT2D eigenvalue weighted by Crippen LogP contribution is -2.52. The van der Waals surface area contributed by atoms with Crippen LogP contribution in [0.1, 0.15) is 38.5 Å². The van der Waals surface area contributed by atoms with Gasteiger partial charge in [-0.15, -0.1) is 0 Å². The van der Waals surface area contributed by atoms with Crippen molar-refractivity contribution in [3.63, 3.8) is 0 Å². The minimum Gasteiger partial charge on any atom is -0.380 e. The van der Waals surface area contributed by atoms with E-state index in [1.54, 1.807) is 0 Å². The monoisotopic (exact) mass is 345 g/mol. The van der Waals surface area contributed by atoms with Gasteiger partial charge in [0.1, 0.15) is 5.60 Å². The second kappa shape index (κ2) is 7.97. The van der Waals surface area contributed by atoms with Gasteiger partial charge in [0.15, 0.2) is 0 Å². The molecule has 2 amide bonds. The van der Waals surface area contributed by atoms with Crippen LogP contribution in [0.25, 0.3) is 0 Å². The molecule has 1 aromatic rings. The van der Waals surface area contributed by atoms with Crippen LogP contribution in [0.15, 0.2) is 30.3 Å². The lowest BCUT2D eigenvalue weighted by Gasteiger charge is -2.33. The van der Waals surface area contributed by atoms with Crippen molar-refractivity contribution in [2.45, 2.75) is 50.2 Å². The topological polar surface area (TPSA) is 81.7 Å². The van der Waals surface area contributed by atoms with Gasteiger partial charge in [0.25, 0.3) is 5.91 Å². The van der Waals surface area contributed by atoms with E-state index in [1.165, 1.54) is 0 Å². The first kappa shape index (κ1) is 17.9. The Morgan fingerprint density at radius 1 is 1.12 bits per heavy atom. The molecule has 2 aliphatic rings. The third-order valence-electron chi connectivity index (χ3n) is 5.20. The summed E-state index contributed by atoms with van der Waals surface area (Å²) in [5.74, 6) is -0.237. The van der Waals surface area contributed by atoms with Crippen molar-refractivity contribution in [1.82, 2.24) is 10.2 Å². The highest BCUT2D eigenvalue weighted by Gasteiger charge is 2.39. The van der Waals surface area contributed by atoms with Gasteiger partial charge in [0.05, 0.1) is 6.54 Å². The molecule has 1 saturated heterocycles. The lowest BCUT2D eigenvalue weighted by atomic mass is 9.99. The zero-order valence-electron chi connectivity index (χ0n) is 14.5. The summed E-state index contributed by atoms with van der Waals surface area (Å²) in [5.41, 5.74) is -0.355. The number of para-hydroxylation sites is 1. The highest BCUT2D eigenvalue weighted by atomic mass is 16.3. The van der Waals surface area contributed by atoms with Gasteiger partial charge in [-0.1, -0.05) is 18.2 Å². The van der Waals surface area contributed by atoms with E-state index in [4.69, 9.17) is 0 Å². The van der Waals surface area contributed by atoms with Gasteiger partial charge in [-0.2, -0.15) is 0 Å². The summed E-state index contributed by atoms with van der Waals surface area (Å²) in [5, 5.41) is 16.2. The molecule has 3 N–H and O–H groups in total. The molecule has 0 spiro atoms. The number of carbonyl (C=O) groups excluding carboxylic acids is 2. The number of piperidine rings is 1. The molecule has 0 aromatic heterocycles. The fourth-order valence-electron chi connectivity index (χ4n) is 3.67. The molecule has 0 bridgehead atoms. The summed E-state index contributed by atoms with van der Waals surface area (Å²) in [7, 11) is 0. The first-order valence-corrected chi connectivity index (χ1v) is 9.16. The van der Waals surface area contributed by atoms with E-state index >= 15 is 0 Å². The lowest BCUT2D eigenvalue weighted by molar-refractivity contribution is -0.140. The van der Waals surface area contributed by atoms with E-state index in [9.17, 15) is 14.7 Å². The maximum atomic E-state index is 12.3. The van der Waals surface area contributed by atoms with Gasteiger partial charge < -0.3 is 15.7 Å². The third kappa shape index (κ3) is 4.80. The molecular weight excluding hydrogens is 318 g/mol.